The molecule has 0 saturated heterocycles. The highest BCUT2D eigenvalue weighted by Gasteiger charge is 2.19. The van der Waals surface area contributed by atoms with E-state index in [0.29, 0.717) is 24.5 Å². The van der Waals surface area contributed by atoms with Gasteiger partial charge in [-0.15, -0.1) is 0 Å². The van der Waals surface area contributed by atoms with Crippen molar-refractivity contribution in [3.05, 3.63) is 63.9 Å². The Labute approximate surface area is 198 Å². The molecule has 5 nitrogen and oxygen atoms in total. The molecule has 0 radical (unpaired) electrons. The topological polar surface area (TPSA) is 59.0 Å². The fourth-order valence-corrected chi connectivity index (χ4v) is 3.33. The zero-order valence-corrected chi connectivity index (χ0v) is 20.8. The number of ether oxygens (including phenoxy) is 2. The summed E-state index contributed by atoms with van der Waals surface area (Å²) < 4.78 is 26.4. The van der Waals surface area contributed by atoms with E-state index in [9.17, 15) is 14.3 Å². The number of nitrogens with zero attached hydrogens (tertiary/aromatic N) is 1. The molecule has 2 aromatic carbocycles. The number of carbonyl (C=O) groups excluding carboxylic acids is 1. The summed E-state index contributed by atoms with van der Waals surface area (Å²) in [5.41, 5.74) is 0.351. The molecule has 0 spiro atoms. The van der Waals surface area contributed by atoms with Gasteiger partial charge in [-0.25, -0.2) is 9.18 Å². The number of hydrogen-bond donors (Lipinski definition) is 1. The first kappa shape index (κ1) is 26.1. The third-order valence-electron chi connectivity index (χ3n) is 4.81. The normalized spacial score (nSPS) is 12.3. The summed E-state index contributed by atoms with van der Waals surface area (Å²) in [6, 6.07) is 11.7. The second-order valence-electron chi connectivity index (χ2n) is 8.80. The highest BCUT2D eigenvalue weighted by Crippen LogP contribution is 2.28. The molecular weight excluding hydrogens is 477 g/mol. The predicted octanol–water partition coefficient (Wildman–Crippen LogP) is 6.48. The van der Waals surface area contributed by atoms with Crippen molar-refractivity contribution < 1.29 is 23.8 Å². The number of aliphatic hydroxyl groups excluding tert-OH is 1. The van der Waals surface area contributed by atoms with Gasteiger partial charge in [0.15, 0.2) is 0 Å². The van der Waals surface area contributed by atoms with E-state index in [0.717, 1.165) is 30.2 Å². The van der Waals surface area contributed by atoms with Crippen molar-refractivity contribution in [2.75, 3.05) is 20.2 Å². The number of halogens is 2. The molecule has 2 aromatic rings. The first-order valence-electron chi connectivity index (χ1n) is 10.9. The Morgan fingerprint density at radius 2 is 1.75 bits per heavy atom. The zero-order chi connectivity index (χ0) is 23.7. The summed E-state index contributed by atoms with van der Waals surface area (Å²) >= 11 is 3.35. The first-order chi connectivity index (χ1) is 15.1. The highest BCUT2D eigenvalue weighted by atomic mass is 79.9. The van der Waals surface area contributed by atoms with E-state index in [1.165, 1.54) is 6.07 Å². The summed E-state index contributed by atoms with van der Waals surface area (Å²) in [7, 11) is 1.74. The predicted molar refractivity (Wildman–Crippen MR) is 127 cm³/mol. The SMILES string of the molecule is CN(CCCCCCOc1ccc(C(O)c2ccc(Br)cc2)c(F)c1)C(=O)OC(C)(C)C. The Morgan fingerprint density at radius 3 is 2.38 bits per heavy atom. The number of benzene rings is 2. The van der Waals surface area contributed by atoms with E-state index in [1.54, 1.807) is 36.2 Å². The van der Waals surface area contributed by atoms with Crippen molar-refractivity contribution in [1.29, 1.82) is 0 Å². The monoisotopic (exact) mass is 509 g/mol. The second kappa shape index (κ2) is 12.2. The van der Waals surface area contributed by atoms with Gasteiger partial charge in [0.25, 0.3) is 0 Å². The van der Waals surface area contributed by atoms with Gasteiger partial charge in [-0.05, 0) is 63.4 Å². The van der Waals surface area contributed by atoms with Gasteiger partial charge in [-0.1, -0.05) is 40.9 Å². The van der Waals surface area contributed by atoms with E-state index >= 15 is 0 Å². The smallest absolute Gasteiger partial charge is 0.410 e. The second-order valence-corrected chi connectivity index (χ2v) is 9.72. The maximum absolute atomic E-state index is 14.5. The molecule has 0 bridgehead atoms. The minimum absolute atomic E-state index is 0.216. The summed E-state index contributed by atoms with van der Waals surface area (Å²) in [5.74, 6) is -0.0537. The van der Waals surface area contributed by atoms with Crippen molar-refractivity contribution in [3.8, 4) is 5.75 Å². The Morgan fingerprint density at radius 1 is 1.09 bits per heavy atom. The maximum atomic E-state index is 14.5. The van der Waals surface area contributed by atoms with E-state index in [2.05, 4.69) is 15.9 Å². The molecule has 7 heteroatoms. The van der Waals surface area contributed by atoms with Gasteiger partial charge >= 0.3 is 6.09 Å². The molecule has 0 heterocycles. The molecule has 0 saturated carbocycles. The van der Waals surface area contributed by atoms with Crippen LogP contribution in [0.5, 0.6) is 5.75 Å². The van der Waals surface area contributed by atoms with Crippen LogP contribution in [0.3, 0.4) is 0 Å². The van der Waals surface area contributed by atoms with Crippen LogP contribution in [0.4, 0.5) is 9.18 Å². The zero-order valence-electron chi connectivity index (χ0n) is 19.2. The van der Waals surface area contributed by atoms with Crippen molar-refractivity contribution in [3.63, 3.8) is 0 Å². The molecule has 0 aliphatic heterocycles. The van der Waals surface area contributed by atoms with Crippen molar-refractivity contribution in [2.45, 2.75) is 58.2 Å². The summed E-state index contributed by atoms with van der Waals surface area (Å²) in [5, 5.41) is 10.5. The van der Waals surface area contributed by atoms with Crippen LogP contribution in [0.15, 0.2) is 46.9 Å². The summed E-state index contributed by atoms with van der Waals surface area (Å²) in [6.45, 7) is 6.67. The molecule has 32 heavy (non-hydrogen) atoms. The highest BCUT2D eigenvalue weighted by molar-refractivity contribution is 9.10. The molecule has 0 aliphatic rings. The average molecular weight is 510 g/mol. The minimum atomic E-state index is -1.03. The van der Waals surface area contributed by atoms with E-state index in [1.807, 2.05) is 32.9 Å². The van der Waals surface area contributed by atoms with Crippen LogP contribution in [0.1, 0.15) is 63.7 Å². The number of unbranched alkanes of at least 4 members (excludes halogenated alkanes) is 3. The van der Waals surface area contributed by atoms with Gasteiger partial charge in [-0.3, -0.25) is 0 Å². The van der Waals surface area contributed by atoms with Crippen LogP contribution in [0.25, 0.3) is 0 Å². The molecular formula is C25H33BrFNO4. The van der Waals surface area contributed by atoms with Crippen LogP contribution in [-0.2, 0) is 4.74 Å². The van der Waals surface area contributed by atoms with Crippen LogP contribution in [0.2, 0.25) is 0 Å². The number of amides is 1. The number of carbonyl (C=O) groups is 1. The fourth-order valence-electron chi connectivity index (χ4n) is 3.07. The Kier molecular flexibility index (Phi) is 9.97. The quantitative estimate of drug-likeness (QED) is 0.372. The van der Waals surface area contributed by atoms with Gasteiger partial charge in [0.2, 0.25) is 0 Å². The molecule has 1 unspecified atom stereocenters. The Balaban J connectivity index is 1.69. The minimum Gasteiger partial charge on any atom is -0.493 e. The lowest BCUT2D eigenvalue weighted by Gasteiger charge is -2.24. The van der Waals surface area contributed by atoms with E-state index in [-0.39, 0.29) is 11.7 Å². The molecule has 1 atom stereocenters. The number of hydrogen-bond acceptors (Lipinski definition) is 4. The Bertz CT molecular complexity index is 867. The molecule has 1 amide bonds. The van der Waals surface area contributed by atoms with Crippen molar-refractivity contribution in [2.24, 2.45) is 0 Å². The van der Waals surface area contributed by atoms with Crippen LogP contribution in [0, 0.1) is 5.82 Å². The number of rotatable bonds is 10. The molecule has 2 rings (SSSR count). The van der Waals surface area contributed by atoms with Gasteiger partial charge in [-0.2, -0.15) is 0 Å². The molecule has 1 N–H and O–H groups in total. The average Bonchev–Trinajstić information content (AvgIpc) is 2.72. The van der Waals surface area contributed by atoms with Crippen LogP contribution < -0.4 is 4.74 Å². The summed E-state index contributed by atoms with van der Waals surface area (Å²) in [4.78, 5) is 13.5. The van der Waals surface area contributed by atoms with Gasteiger partial charge in [0, 0.05) is 29.7 Å². The fraction of sp³-hybridized carbons (Fsp3) is 0.480. The van der Waals surface area contributed by atoms with E-state index < -0.39 is 17.5 Å². The lowest BCUT2D eigenvalue weighted by atomic mass is 10.0. The molecule has 0 aromatic heterocycles. The van der Waals surface area contributed by atoms with Crippen molar-refractivity contribution >= 4 is 22.0 Å². The lowest BCUT2D eigenvalue weighted by Crippen LogP contribution is -2.34. The third-order valence-corrected chi connectivity index (χ3v) is 5.34. The largest absolute Gasteiger partial charge is 0.493 e. The van der Waals surface area contributed by atoms with Crippen molar-refractivity contribution in [1.82, 2.24) is 4.90 Å². The third kappa shape index (κ3) is 8.79. The van der Waals surface area contributed by atoms with Gasteiger partial charge in [0.1, 0.15) is 23.3 Å². The van der Waals surface area contributed by atoms with Gasteiger partial charge < -0.3 is 19.5 Å². The maximum Gasteiger partial charge on any atom is 0.410 e. The Hall–Kier alpha value is -2.12. The number of aliphatic hydroxyl groups is 1. The standard InChI is InChI=1S/C25H33BrFNO4/c1-25(2,3)32-24(30)28(4)15-7-5-6-8-16-31-20-13-14-21(22(27)17-20)23(29)18-9-11-19(26)12-10-18/h9-14,17,23,29H,5-8,15-16H2,1-4H3. The van der Waals surface area contributed by atoms with Crippen LogP contribution >= 0.6 is 15.9 Å². The van der Waals surface area contributed by atoms with Crippen LogP contribution in [-0.4, -0.2) is 41.9 Å². The first-order valence-corrected chi connectivity index (χ1v) is 11.7. The summed E-state index contributed by atoms with van der Waals surface area (Å²) in [6.07, 6.45) is 2.29. The molecule has 0 fully saturated rings. The van der Waals surface area contributed by atoms with Gasteiger partial charge in [0.05, 0.1) is 6.61 Å². The molecule has 176 valence electrons. The lowest BCUT2D eigenvalue weighted by molar-refractivity contribution is 0.0296. The van der Waals surface area contributed by atoms with E-state index in [4.69, 9.17) is 9.47 Å². The molecule has 0 aliphatic carbocycles.